The number of aromatic nitrogens is 1. The van der Waals surface area contributed by atoms with E-state index < -0.39 is 0 Å². The minimum absolute atomic E-state index is 0.0119. The lowest BCUT2D eigenvalue weighted by Crippen LogP contribution is -2.49. The second kappa shape index (κ2) is 6.22. The number of fused-ring (bicyclic) bond motifs is 3. The predicted molar refractivity (Wildman–Crippen MR) is 93.3 cm³/mol. The summed E-state index contributed by atoms with van der Waals surface area (Å²) in [5, 5.41) is 9.37. The van der Waals surface area contributed by atoms with Crippen molar-refractivity contribution in [2.45, 2.75) is 32.2 Å². The zero-order chi connectivity index (χ0) is 16.7. The van der Waals surface area contributed by atoms with E-state index in [0.717, 1.165) is 30.8 Å². The van der Waals surface area contributed by atoms with Crippen LogP contribution in [0.1, 0.15) is 47.3 Å². The predicted octanol–water partition coefficient (Wildman–Crippen LogP) is 2.27. The molecule has 2 N–H and O–H groups in total. The van der Waals surface area contributed by atoms with Crippen LogP contribution in [0.25, 0.3) is 11.3 Å². The molecular formula is C19H25N3O2. The molecule has 0 fully saturated rings. The standard InChI is InChI=1S/C19H25N3O2/c1-2-3-8-21-9-6-13-14-5-4-7-20-18(14)17-16(13)15(21)12-22(10-11-23)19(17)24/h4-5,7,15,20,23H,2-3,6,8-12H2,1H3. The van der Waals surface area contributed by atoms with Crippen LogP contribution in [0.4, 0.5) is 0 Å². The summed E-state index contributed by atoms with van der Waals surface area (Å²) in [6, 6.07) is 4.40. The molecular weight excluding hydrogens is 302 g/mol. The second-order valence-electron chi connectivity index (χ2n) is 6.86. The molecule has 24 heavy (non-hydrogen) atoms. The van der Waals surface area contributed by atoms with Crippen LogP contribution in [-0.2, 0) is 6.42 Å². The van der Waals surface area contributed by atoms with Gasteiger partial charge in [-0.2, -0.15) is 0 Å². The molecule has 0 aromatic rings. The Morgan fingerprint density at radius 2 is 2.25 bits per heavy atom. The fourth-order valence-electron chi connectivity index (χ4n) is 4.38. The van der Waals surface area contributed by atoms with E-state index >= 15 is 0 Å². The van der Waals surface area contributed by atoms with Crippen LogP contribution in [-0.4, -0.2) is 58.6 Å². The molecule has 0 aromatic heterocycles. The lowest BCUT2D eigenvalue weighted by atomic mass is 9.89. The van der Waals surface area contributed by atoms with E-state index in [1.165, 1.54) is 29.5 Å². The van der Waals surface area contributed by atoms with Crippen LogP contribution < -0.4 is 0 Å². The maximum Gasteiger partial charge on any atom is 0.256 e. The third-order valence-electron chi connectivity index (χ3n) is 5.51. The highest BCUT2D eigenvalue weighted by atomic mass is 16.3. The topological polar surface area (TPSA) is 59.6 Å². The molecule has 3 heterocycles. The lowest BCUT2D eigenvalue weighted by molar-refractivity contribution is 0.0565. The van der Waals surface area contributed by atoms with Crippen LogP contribution in [0.3, 0.4) is 0 Å². The number of pyridine rings is 1. The van der Waals surface area contributed by atoms with Crippen LogP contribution in [0.5, 0.6) is 0 Å². The summed E-state index contributed by atoms with van der Waals surface area (Å²) in [4.78, 5) is 20.7. The summed E-state index contributed by atoms with van der Waals surface area (Å²) in [5.74, 6) is 0.0614. The molecule has 0 bridgehead atoms. The number of carbonyl (C=O) groups is 1. The highest BCUT2D eigenvalue weighted by Gasteiger charge is 2.42. The summed E-state index contributed by atoms with van der Waals surface area (Å²) < 4.78 is 0. The number of aliphatic hydroxyl groups is 1. The van der Waals surface area contributed by atoms with E-state index in [2.05, 4.69) is 22.9 Å². The molecule has 0 saturated carbocycles. The Kier molecular flexibility index (Phi) is 4.06. The average molecular weight is 327 g/mol. The van der Waals surface area contributed by atoms with E-state index in [1.54, 1.807) is 0 Å². The van der Waals surface area contributed by atoms with Crippen LogP contribution >= 0.6 is 0 Å². The highest BCUT2D eigenvalue weighted by molar-refractivity contribution is 6.05. The van der Waals surface area contributed by atoms with Gasteiger partial charge in [-0.1, -0.05) is 19.4 Å². The van der Waals surface area contributed by atoms with Gasteiger partial charge in [-0.15, -0.1) is 0 Å². The Morgan fingerprint density at radius 3 is 3.04 bits per heavy atom. The van der Waals surface area contributed by atoms with Crippen molar-refractivity contribution in [2.75, 3.05) is 32.8 Å². The number of hydrogen-bond acceptors (Lipinski definition) is 3. The zero-order valence-corrected chi connectivity index (χ0v) is 14.2. The van der Waals surface area contributed by atoms with E-state index in [9.17, 15) is 9.90 Å². The van der Waals surface area contributed by atoms with Gasteiger partial charge in [-0.25, -0.2) is 0 Å². The molecule has 3 aliphatic heterocycles. The summed E-state index contributed by atoms with van der Waals surface area (Å²) in [7, 11) is 0. The quantitative estimate of drug-likeness (QED) is 0.886. The number of aromatic amines is 1. The van der Waals surface area contributed by atoms with Gasteiger partial charge in [0, 0.05) is 31.4 Å². The summed E-state index contributed by atoms with van der Waals surface area (Å²) in [5.41, 5.74) is 5.60. The third-order valence-corrected chi connectivity index (χ3v) is 5.51. The molecule has 0 spiro atoms. The van der Waals surface area contributed by atoms with Crippen molar-refractivity contribution in [2.24, 2.45) is 0 Å². The van der Waals surface area contributed by atoms with Crippen LogP contribution in [0.2, 0.25) is 0 Å². The monoisotopic (exact) mass is 327 g/mol. The average Bonchev–Trinajstić information content (AvgIpc) is 2.94. The molecule has 0 saturated heterocycles. The van der Waals surface area contributed by atoms with Crippen molar-refractivity contribution in [1.82, 2.24) is 14.8 Å². The first-order valence-electron chi connectivity index (χ1n) is 9.02. The Morgan fingerprint density at radius 1 is 1.38 bits per heavy atom. The summed E-state index contributed by atoms with van der Waals surface area (Å²) >= 11 is 0. The van der Waals surface area contributed by atoms with Gasteiger partial charge in [0.25, 0.3) is 5.91 Å². The molecule has 5 heteroatoms. The highest BCUT2D eigenvalue weighted by Crippen LogP contribution is 2.46. The van der Waals surface area contributed by atoms with E-state index in [1.807, 2.05) is 17.2 Å². The number of amides is 1. The SMILES string of the molecule is CCCCN1CCc2c3ccc[nH]c-3c3c2C1CN(CCO)C3=O. The number of rotatable bonds is 5. The number of nitrogens with one attached hydrogen (secondary N) is 1. The zero-order valence-electron chi connectivity index (χ0n) is 14.2. The molecule has 4 aliphatic rings. The van der Waals surface area contributed by atoms with Gasteiger partial charge in [-0.05, 0) is 36.6 Å². The van der Waals surface area contributed by atoms with Crippen molar-refractivity contribution in [3.63, 3.8) is 0 Å². The largest absolute Gasteiger partial charge is 0.395 e. The number of carbonyl (C=O) groups excluding carboxylic acids is 1. The van der Waals surface area contributed by atoms with Crippen molar-refractivity contribution < 1.29 is 9.90 Å². The maximum absolute atomic E-state index is 13.0. The number of β-amino-alcohol motifs (C(OH)–C–C–N with tert-alkyl or cyclic N) is 1. The molecule has 0 aromatic carbocycles. The van der Waals surface area contributed by atoms with Crippen molar-refractivity contribution >= 4 is 5.91 Å². The van der Waals surface area contributed by atoms with Gasteiger partial charge in [0.05, 0.1) is 23.9 Å². The molecule has 1 aliphatic carbocycles. The first-order valence-corrected chi connectivity index (χ1v) is 9.02. The smallest absolute Gasteiger partial charge is 0.256 e. The molecule has 0 radical (unpaired) electrons. The Hall–Kier alpha value is -1.85. The number of nitrogens with zero attached hydrogens (tertiary/aromatic N) is 2. The van der Waals surface area contributed by atoms with E-state index in [-0.39, 0.29) is 18.6 Å². The molecule has 1 amide bonds. The molecule has 5 nitrogen and oxygen atoms in total. The minimum Gasteiger partial charge on any atom is -0.395 e. The van der Waals surface area contributed by atoms with Gasteiger partial charge in [0.1, 0.15) is 0 Å². The molecule has 128 valence electrons. The molecule has 4 rings (SSSR count). The summed E-state index contributed by atoms with van der Waals surface area (Å²) in [6.45, 7) is 5.45. The fourth-order valence-corrected chi connectivity index (χ4v) is 4.38. The molecule has 1 atom stereocenters. The van der Waals surface area contributed by atoms with Gasteiger partial charge < -0.3 is 15.0 Å². The summed E-state index contributed by atoms with van der Waals surface area (Å²) in [6.07, 6.45) is 5.27. The normalized spacial score (nSPS) is 20.7. The van der Waals surface area contributed by atoms with Crippen molar-refractivity contribution in [3.8, 4) is 11.3 Å². The number of hydrogen-bond donors (Lipinski definition) is 2. The van der Waals surface area contributed by atoms with Gasteiger partial charge in [-0.3, -0.25) is 9.69 Å². The fraction of sp³-hybridized carbons (Fsp3) is 0.526. The number of H-pyrrole nitrogens is 1. The van der Waals surface area contributed by atoms with Crippen molar-refractivity contribution in [3.05, 3.63) is 35.0 Å². The van der Waals surface area contributed by atoms with Gasteiger partial charge in [0.15, 0.2) is 0 Å². The Bertz CT molecular complexity index is 724. The van der Waals surface area contributed by atoms with Crippen LogP contribution in [0, 0.1) is 0 Å². The van der Waals surface area contributed by atoms with Crippen LogP contribution in [0.15, 0.2) is 18.3 Å². The maximum atomic E-state index is 13.0. The van der Waals surface area contributed by atoms with Crippen molar-refractivity contribution in [1.29, 1.82) is 0 Å². The Labute approximate surface area is 142 Å². The Balaban J connectivity index is 1.84. The van der Waals surface area contributed by atoms with E-state index in [0.29, 0.717) is 13.1 Å². The number of aliphatic hydroxyl groups excluding tert-OH is 1. The van der Waals surface area contributed by atoms with E-state index in [4.69, 9.17) is 0 Å². The first kappa shape index (κ1) is 15.7. The third kappa shape index (κ3) is 2.26. The lowest BCUT2D eigenvalue weighted by Gasteiger charge is -2.42. The molecule has 1 unspecified atom stereocenters. The first-order chi connectivity index (χ1) is 11.8. The number of unbranched alkanes of at least 4 members (excludes halogenated alkanes) is 1. The van der Waals surface area contributed by atoms with Gasteiger partial charge >= 0.3 is 0 Å². The minimum atomic E-state index is 0.0119. The van der Waals surface area contributed by atoms with Gasteiger partial charge in [0.2, 0.25) is 0 Å². The second-order valence-corrected chi connectivity index (χ2v) is 6.86.